The summed E-state index contributed by atoms with van der Waals surface area (Å²) < 4.78 is 10.9. The van der Waals surface area contributed by atoms with Gasteiger partial charge in [-0.1, -0.05) is 31.2 Å². The highest BCUT2D eigenvalue weighted by Crippen LogP contribution is 2.27. The molecule has 6 heteroatoms. The third kappa shape index (κ3) is 4.83. The van der Waals surface area contributed by atoms with Crippen LogP contribution in [0, 0.1) is 0 Å². The summed E-state index contributed by atoms with van der Waals surface area (Å²) in [5.74, 6) is 1.67. The molecule has 3 aromatic rings. The van der Waals surface area contributed by atoms with E-state index in [0.29, 0.717) is 6.61 Å². The largest absolute Gasteiger partial charge is 0.497 e. The average molecular weight is 367 g/mol. The van der Waals surface area contributed by atoms with Crippen LogP contribution in [0.4, 0.5) is 5.13 Å². The molecule has 0 radical (unpaired) electrons. The predicted octanol–water partition coefficient (Wildman–Crippen LogP) is 5.05. The van der Waals surface area contributed by atoms with Crippen LogP contribution >= 0.6 is 11.3 Å². The van der Waals surface area contributed by atoms with Crippen molar-refractivity contribution < 1.29 is 9.47 Å². The number of benzene rings is 2. The molecule has 0 atom stereocenters. The van der Waals surface area contributed by atoms with Gasteiger partial charge in [-0.25, -0.2) is 4.98 Å². The fraction of sp³-hybridized carbons (Fsp3) is 0.200. The number of aromatic nitrogens is 1. The highest BCUT2D eigenvalue weighted by Gasteiger charge is 2.05. The molecule has 1 heterocycles. The zero-order chi connectivity index (χ0) is 18.2. The Morgan fingerprint density at radius 1 is 1.15 bits per heavy atom. The van der Waals surface area contributed by atoms with Crippen molar-refractivity contribution in [1.29, 1.82) is 0 Å². The van der Waals surface area contributed by atoms with Crippen LogP contribution in [0.2, 0.25) is 0 Å². The molecule has 0 saturated heterocycles. The second kappa shape index (κ2) is 9.01. The second-order valence-electron chi connectivity index (χ2n) is 5.56. The van der Waals surface area contributed by atoms with Crippen LogP contribution in [0.5, 0.6) is 11.5 Å². The third-order valence-electron chi connectivity index (χ3n) is 3.57. The molecular formula is C20H21N3O2S. The molecule has 0 aliphatic heterocycles. The summed E-state index contributed by atoms with van der Waals surface area (Å²) >= 11 is 1.51. The normalized spacial score (nSPS) is 10.8. The SMILES string of the molecule is CCCOc1cccc(/C=N\Nc2nc(-c3cccc(OC)c3)cs2)c1. The maximum absolute atomic E-state index is 5.63. The molecule has 0 saturated carbocycles. The van der Waals surface area contributed by atoms with Gasteiger partial charge in [0.1, 0.15) is 11.5 Å². The van der Waals surface area contributed by atoms with Crippen molar-refractivity contribution in [2.45, 2.75) is 13.3 Å². The van der Waals surface area contributed by atoms with Gasteiger partial charge in [0.15, 0.2) is 0 Å². The van der Waals surface area contributed by atoms with E-state index in [0.717, 1.165) is 39.9 Å². The minimum absolute atomic E-state index is 0.713. The number of thiazole rings is 1. The molecule has 1 aromatic heterocycles. The van der Waals surface area contributed by atoms with Crippen LogP contribution in [0.15, 0.2) is 59.0 Å². The topological polar surface area (TPSA) is 55.7 Å². The van der Waals surface area contributed by atoms with Gasteiger partial charge >= 0.3 is 0 Å². The van der Waals surface area contributed by atoms with E-state index in [-0.39, 0.29) is 0 Å². The Morgan fingerprint density at radius 3 is 2.85 bits per heavy atom. The number of rotatable bonds is 8. The third-order valence-corrected chi connectivity index (χ3v) is 4.32. The number of anilines is 1. The van der Waals surface area contributed by atoms with Gasteiger partial charge in [0.25, 0.3) is 0 Å². The van der Waals surface area contributed by atoms with E-state index >= 15 is 0 Å². The molecule has 0 amide bonds. The Hall–Kier alpha value is -2.86. The van der Waals surface area contributed by atoms with Crippen molar-refractivity contribution in [2.24, 2.45) is 5.10 Å². The Bertz CT molecular complexity index is 877. The molecule has 5 nitrogen and oxygen atoms in total. The van der Waals surface area contributed by atoms with Crippen molar-refractivity contribution in [1.82, 2.24) is 4.98 Å². The number of nitrogens with zero attached hydrogens (tertiary/aromatic N) is 2. The molecule has 0 spiro atoms. The minimum atomic E-state index is 0.713. The first-order valence-electron chi connectivity index (χ1n) is 8.40. The van der Waals surface area contributed by atoms with Crippen molar-refractivity contribution in [3.05, 3.63) is 59.5 Å². The Labute approximate surface area is 157 Å². The molecule has 0 bridgehead atoms. The molecule has 2 aromatic carbocycles. The highest BCUT2D eigenvalue weighted by molar-refractivity contribution is 7.14. The van der Waals surface area contributed by atoms with E-state index in [1.807, 2.05) is 53.9 Å². The van der Waals surface area contributed by atoms with Gasteiger partial charge in [0.05, 0.1) is 25.6 Å². The van der Waals surface area contributed by atoms with Crippen molar-refractivity contribution in [2.75, 3.05) is 19.1 Å². The quantitative estimate of drug-likeness (QED) is 0.447. The van der Waals surface area contributed by atoms with Crippen LogP contribution in [0.3, 0.4) is 0 Å². The minimum Gasteiger partial charge on any atom is -0.497 e. The first-order chi connectivity index (χ1) is 12.8. The lowest BCUT2D eigenvalue weighted by Gasteiger charge is -2.04. The van der Waals surface area contributed by atoms with Crippen LogP contribution in [0.1, 0.15) is 18.9 Å². The van der Waals surface area contributed by atoms with E-state index in [4.69, 9.17) is 9.47 Å². The fourth-order valence-electron chi connectivity index (χ4n) is 2.31. The number of ether oxygens (including phenoxy) is 2. The first kappa shape index (κ1) is 17.9. The number of hydrazone groups is 1. The summed E-state index contributed by atoms with van der Waals surface area (Å²) in [5, 5.41) is 6.99. The van der Waals surface area contributed by atoms with Crippen molar-refractivity contribution in [3.8, 4) is 22.8 Å². The molecule has 3 rings (SSSR count). The van der Waals surface area contributed by atoms with Gasteiger partial charge in [-0.3, -0.25) is 5.43 Å². The summed E-state index contributed by atoms with van der Waals surface area (Å²) in [6, 6.07) is 15.7. The molecule has 26 heavy (non-hydrogen) atoms. The Balaban J connectivity index is 1.63. The van der Waals surface area contributed by atoms with Crippen molar-refractivity contribution >= 4 is 22.7 Å². The molecule has 0 aliphatic carbocycles. The van der Waals surface area contributed by atoms with Crippen molar-refractivity contribution in [3.63, 3.8) is 0 Å². The van der Waals surface area contributed by atoms with E-state index in [1.54, 1.807) is 13.3 Å². The van der Waals surface area contributed by atoms with Gasteiger partial charge in [0, 0.05) is 10.9 Å². The van der Waals surface area contributed by atoms with Gasteiger partial charge in [-0.2, -0.15) is 5.10 Å². The van der Waals surface area contributed by atoms with Crippen LogP contribution in [-0.2, 0) is 0 Å². The predicted molar refractivity (Wildman–Crippen MR) is 108 cm³/mol. The van der Waals surface area contributed by atoms with E-state index < -0.39 is 0 Å². The molecule has 134 valence electrons. The van der Waals surface area contributed by atoms with E-state index in [9.17, 15) is 0 Å². The maximum atomic E-state index is 5.63. The van der Waals surface area contributed by atoms with Gasteiger partial charge in [-0.15, -0.1) is 11.3 Å². The summed E-state index contributed by atoms with van der Waals surface area (Å²) in [5.41, 5.74) is 5.85. The summed E-state index contributed by atoms with van der Waals surface area (Å²) in [7, 11) is 1.66. The smallest absolute Gasteiger partial charge is 0.203 e. The zero-order valence-electron chi connectivity index (χ0n) is 14.8. The Kier molecular flexibility index (Phi) is 6.22. The summed E-state index contributed by atoms with van der Waals surface area (Å²) in [4.78, 5) is 4.56. The maximum Gasteiger partial charge on any atom is 0.203 e. The monoisotopic (exact) mass is 367 g/mol. The highest BCUT2D eigenvalue weighted by atomic mass is 32.1. The summed E-state index contributed by atoms with van der Waals surface area (Å²) in [6.45, 7) is 2.80. The molecule has 0 unspecified atom stereocenters. The lowest BCUT2D eigenvalue weighted by atomic mass is 10.2. The molecule has 1 N–H and O–H groups in total. The Morgan fingerprint density at radius 2 is 2.00 bits per heavy atom. The van der Waals surface area contributed by atoms with Gasteiger partial charge in [0.2, 0.25) is 5.13 Å². The second-order valence-corrected chi connectivity index (χ2v) is 6.42. The fourth-order valence-corrected chi connectivity index (χ4v) is 2.98. The van der Waals surface area contributed by atoms with Crippen LogP contribution < -0.4 is 14.9 Å². The zero-order valence-corrected chi connectivity index (χ0v) is 15.6. The van der Waals surface area contributed by atoms with E-state index in [2.05, 4.69) is 22.4 Å². The standard InChI is InChI=1S/C20H21N3O2S/c1-3-10-25-18-9-4-6-15(11-18)13-21-23-20-22-19(14-26-20)16-7-5-8-17(12-16)24-2/h4-9,11-14H,3,10H2,1-2H3,(H,22,23)/b21-13-. The van der Waals surface area contributed by atoms with Gasteiger partial charge in [-0.05, 0) is 36.2 Å². The number of hydrogen-bond donors (Lipinski definition) is 1. The molecular weight excluding hydrogens is 346 g/mol. The van der Waals surface area contributed by atoms with Crippen LogP contribution in [0.25, 0.3) is 11.3 Å². The first-order valence-corrected chi connectivity index (χ1v) is 9.28. The number of nitrogens with one attached hydrogen (secondary N) is 1. The number of hydrogen-bond acceptors (Lipinski definition) is 6. The van der Waals surface area contributed by atoms with Crippen LogP contribution in [-0.4, -0.2) is 24.9 Å². The average Bonchev–Trinajstić information content (AvgIpc) is 3.16. The lowest BCUT2D eigenvalue weighted by Crippen LogP contribution is -1.96. The van der Waals surface area contributed by atoms with E-state index in [1.165, 1.54) is 11.3 Å². The number of methoxy groups -OCH3 is 1. The summed E-state index contributed by atoms with van der Waals surface area (Å²) in [6.07, 6.45) is 2.74. The molecule has 0 fully saturated rings. The lowest BCUT2D eigenvalue weighted by molar-refractivity contribution is 0.317. The molecule has 0 aliphatic rings. The van der Waals surface area contributed by atoms with Gasteiger partial charge < -0.3 is 9.47 Å².